The fourth-order valence-corrected chi connectivity index (χ4v) is 3.88. The number of amides is 1. The minimum Gasteiger partial charge on any atom is -0.488 e. The summed E-state index contributed by atoms with van der Waals surface area (Å²) < 4.78 is 12.5. The number of halogens is 1. The van der Waals surface area contributed by atoms with Crippen LogP contribution in [0.5, 0.6) is 5.75 Å². The van der Waals surface area contributed by atoms with Gasteiger partial charge in [0.05, 0.1) is 4.47 Å². The number of piperazine rings is 1. The predicted molar refractivity (Wildman–Crippen MR) is 123 cm³/mol. The van der Waals surface area contributed by atoms with Gasteiger partial charge < -0.3 is 14.4 Å². The van der Waals surface area contributed by atoms with E-state index in [0.29, 0.717) is 13.2 Å². The molecule has 162 valence electrons. The maximum absolute atomic E-state index is 12.4. The number of nitrogens with zero attached hydrogens (tertiary/aromatic N) is 2. The summed E-state index contributed by atoms with van der Waals surface area (Å²) in [6.45, 7) is 11.4. The molecule has 30 heavy (non-hydrogen) atoms. The molecule has 2 aromatic carbocycles. The molecule has 0 bridgehead atoms. The number of carbonyl (C=O) groups is 1. The summed E-state index contributed by atoms with van der Waals surface area (Å²) in [6, 6.07) is 16.5. The molecule has 6 heteroatoms. The predicted octanol–water partition coefficient (Wildman–Crippen LogP) is 5.47. The Morgan fingerprint density at radius 3 is 2.50 bits per heavy atom. The molecule has 2 aromatic rings. The minimum absolute atomic E-state index is 0.109. The van der Waals surface area contributed by atoms with Crippen molar-refractivity contribution < 1.29 is 14.3 Å². The van der Waals surface area contributed by atoms with Crippen LogP contribution in [0.1, 0.15) is 38.8 Å². The lowest BCUT2D eigenvalue weighted by Crippen LogP contribution is -2.54. The van der Waals surface area contributed by atoms with E-state index in [-0.39, 0.29) is 12.1 Å². The highest BCUT2D eigenvalue weighted by Gasteiger charge is 2.30. The van der Waals surface area contributed by atoms with E-state index in [2.05, 4.69) is 52.0 Å². The molecule has 0 N–H and O–H groups in total. The third-order valence-electron chi connectivity index (χ3n) is 4.98. The van der Waals surface area contributed by atoms with Crippen LogP contribution in [-0.4, -0.2) is 47.2 Å². The van der Waals surface area contributed by atoms with E-state index >= 15 is 0 Å². The summed E-state index contributed by atoms with van der Waals surface area (Å²) in [4.78, 5) is 16.6. The molecule has 0 radical (unpaired) electrons. The SMILES string of the molecule is C[C@@H]1CN(Cc2ccc(Br)c(OCc3ccccc3)c2)CCN1C(=O)OC(C)(C)C. The molecule has 5 nitrogen and oxygen atoms in total. The normalized spacial score (nSPS) is 17.6. The van der Waals surface area contributed by atoms with Crippen molar-refractivity contribution in [1.82, 2.24) is 9.80 Å². The van der Waals surface area contributed by atoms with E-state index in [1.54, 1.807) is 0 Å². The number of rotatable bonds is 5. The van der Waals surface area contributed by atoms with E-state index in [0.717, 1.165) is 35.4 Å². The minimum atomic E-state index is -0.471. The molecule has 1 heterocycles. The van der Waals surface area contributed by atoms with Crippen molar-refractivity contribution in [1.29, 1.82) is 0 Å². The van der Waals surface area contributed by atoms with Crippen LogP contribution in [-0.2, 0) is 17.9 Å². The zero-order chi connectivity index (χ0) is 21.7. The lowest BCUT2D eigenvalue weighted by atomic mass is 10.1. The zero-order valence-electron chi connectivity index (χ0n) is 18.2. The number of ether oxygens (including phenoxy) is 2. The third-order valence-corrected chi connectivity index (χ3v) is 5.63. The van der Waals surface area contributed by atoms with Gasteiger partial charge in [0.1, 0.15) is 18.0 Å². The Balaban J connectivity index is 1.57. The number of benzene rings is 2. The Hall–Kier alpha value is -2.05. The average molecular weight is 475 g/mol. The molecule has 1 amide bonds. The highest BCUT2D eigenvalue weighted by atomic mass is 79.9. The van der Waals surface area contributed by atoms with Crippen molar-refractivity contribution in [2.75, 3.05) is 19.6 Å². The molecule has 1 saturated heterocycles. The van der Waals surface area contributed by atoms with Crippen LogP contribution < -0.4 is 4.74 Å². The van der Waals surface area contributed by atoms with Crippen molar-refractivity contribution in [3.63, 3.8) is 0 Å². The van der Waals surface area contributed by atoms with Gasteiger partial charge in [0.2, 0.25) is 0 Å². The van der Waals surface area contributed by atoms with Gasteiger partial charge in [0.25, 0.3) is 0 Å². The highest BCUT2D eigenvalue weighted by molar-refractivity contribution is 9.10. The summed E-state index contributed by atoms with van der Waals surface area (Å²) >= 11 is 3.59. The van der Waals surface area contributed by atoms with Crippen molar-refractivity contribution in [2.45, 2.75) is 52.5 Å². The average Bonchev–Trinajstić information content (AvgIpc) is 2.68. The second kappa shape index (κ2) is 9.84. The summed E-state index contributed by atoms with van der Waals surface area (Å²) in [5.41, 5.74) is 1.86. The van der Waals surface area contributed by atoms with Crippen molar-refractivity contribution in [3.05, 3.63) is 64.1 Å². The first-order valence-corrected chi connectivity index (χ1v) is 11.2. The molecule has 1 aliphatic rings. The van der Waals surface area contributed by atoms with E-state index in [4.69, 9.17) is 9.47 Å². The first-order valence-electron chi connectivity index (χ1n) is 10.4. The van der Waals surface area contributed by atoms with E-state index in [1.807, 2.05) is 49.9 Å². The van der Waals surface area contributed by atoms with Crippen LogP contribution in [0, 0.1) is 0 Å². The molecule has 1 fully saturated rings. The molecule has 0 saturated carbocycles. The number of hydrogen-bond acceptors (Lipinski definition) is 4. The van der Waals surface area contributed by atoms with Gasteiger partial charge in [0.15, 0.2) is 0 Å². The standard InChI is InChI=1S/C24H31BrN2O3/c1-18-15-26(12-13-27(18)23(28)30-24(2,3)4)16-20-10-11-21(25)22(14-20)29-17-19-8-6-5-7-9-19/h5-11,14,18H,12-13,15-17H2,1-4H3/t18-/m1/s1. The smallest absolute Gasteiger partial charge is 0.410 e. The van der Waals surface area contributed by atoms with Crippen LogP contribution in [0.2, 0.25) is 0 Å². The van der Waals surface area contributed by atoms with Gasteiger partial charge >= 0.3 is 6.09 Å². The third kappa shape index (κ3) is 6.47. The maximum atomic E-state index is 12.4. The fraction of sp³-hybridized carbons (Fsp3) is 0.458. The van der Waals surface area contributed by atoms with E-state index in [1.165, 1.54) is 5.56 Å². The van der Waals surface area contributed by atoms with E-state index in [9.17, 15) is 4.79 Å². The second-order valence-corrected chi connectivity index (χ2v) is 9.65. The van der Waals surface area contributed by atoms with Crippen LogP contribution in [0.4, 0.5) is 4.79 Å². The quantitative estimate of drug-likeness (QED) is 0.575. The Morgan fingerprint density at radius 2 is 1.83 bits per heavy atom. The van der Waals surface area contributed by atoms with Gasteiger partial charge in [0, 0.05) is 32.2 Å². The fourth-order valence-electron chi connectivity index (χ4n) is 3.52. The van der Waals surface area contributed by atoms with Gasteiger partial charge in [-0.25, -0.2) is 4.79 Å². The molecule has 3 rings (SSSR count). The van der Waals surface area contributed by atoms with Crippen LogP contribution in [0.25, 0.3) is 0 Å². The Kier molecular flexibility index (Phi) is 7.42. The van der Waals surface area contributed by atoms with Gasteiger partial charge in [-0.1, -0.05) is 36.4 Å². The lowest BCUT2D eigenvalue weighted by Gasteiger charge is -2.40. The van der Waals surface area contributed by atoms with Crippen molar-refractivity contribution >= 4 is 22.0 Å². The van der Waals surface area contributed by atoms with Gasteiger partial charge in [-0.15, -0.1) is 0 Å². The molecule has 0 aromatic heterocycles. The topological polar surface area (TPSA) is 42.0 Å². The number of hydrogen-bond donors (Lipinski definition) is 0. The number of carbonyl (C=O) groups excluding carboxylic acids is 1. The van der Waals surface area contributed by atoms with Crippen LogP contribution >= 0.6 is 15.9 Å². The van der Waals surface area contributed by atoms with Gasteiger partial charge in [-0.3, -0.25) is 4.90 Å². The lowest BCUT2D eigenvalue weighted by molar-refractivity contribution is 0.000559. The Morgan fingerprint density at radius 1 is 1.10 bits per heavy atom. The van der Waals surface area contributed by atoms with Gasteiger partial charge in [-0.05, 0) is 66.9 Å². The molecule has 0 aliphatic carbocycles. The van der Waals surface area contributed by atoms with Crippen molar-refractivity contribution in [2.24, 2.45) is 0 Å². The summed E-state index contributed by atoms with van der Waals surface area (Å²) in [5, 5.41) is 0. The molecule has 1 atom stereocenters. The first-order chi connectivity index (χ1) is 14.2. The summed E-state index contributed by atoms with van der Waals surface area (Å²) in [6.07, 6.45) is -0.227. The zero-order valence-corrected chi connectivity index (χ0v) is 19.8. The first kappa shape index (κ1) is 22.6. The molecule has 0 spiro atoms. The summed E-state index contributed by atoms with van der Waals surface area (Å²) in [7, 11) is 0. The second-order valence-electron chi connectivity index (χ2n) is 8.80. The van der Waals surface area contributed by atoms with E-state index < -0.39 is 5.60 Å². The van der Waals surface area contributed by atoms with Crippen LogP contribution in [0.3, 0.4) is 0 Å². The van der Waals surface area contributed by atoms with Gasteiger partial charge in [-0.2, -0.15) is 0 Å². The van der Waals surface area contributed by atoms with Crippen LogP contribution in [0.15, 0.2) is 53.0 Å². The molecule has 1 aliphatic heterocycles. The Labute approximate surface area is 188 Å². The van der Waals surface area contributed by atoms with Crippen molar-refractivity contribution in [3.8, 4) is 5.75 Å². The Bertz CT molecular complexity index is 851. The molecular weight excluding hydrogens is 444 g/mol. The monoisotopic (exact) mass is 474 g/mol. The summed E-state index contributed by atoms with van der Waals surface area (Å²) in [5.74, 6) is 0.844. The largest absolute Gasteiger partial charge is 0.488 e. The maximum Gasteiger partial charge on any atom is 0.410 e. The molecular formula is C24H31BrN2O3. The highest BCUT2D eigenvalue weighted by Crippen LogP contribution is 2.28. The molecule has 0 unspecified atom stereocenters.